The molecule has 4 nitrogen and oxygen atoms in total. The summed E-state index contributed by atoms with van der Waals surface area (Å²) in [6, 6.07) is 0. The van der Waals surface area contributed by atoms with E-state index in [1.165, 1.54) is 0 Å². The van der Waals surface area contributed by atoms with Crippen molar-refractivity contribution in [3.63, 3.8) is 0 Å². The van der Waals surface area contributed by atoms with Gasteiger partial charge < -0.3 is 19.7 Å². The summed E-state index contributed by atoms with van der Waals surface area (Å²) in [7, 11) is 0. The summed E-state index contributed by atoms with van der Waals surface area (Å²) in [4.78, 5) is 0. The Kier molecular flexibility index (Phi) is 6.24. The number of hydrogen-bond acceptors (Lipinski definition) is 4. The maximum Gasteiger partial charge on any atom is 0.168 e. The van der Waals surface area contributed by atoms with Crippen molar-refractivity contribution in [3.05, 3.63) is 0 Å². The third-order valence-corrected chi connectivity index (χ3v) is 6.26. The highest BCUT2D eigenvalue weighted by molar-refractivity contribution is 5.18. The van der Waals surface area contributed by atoms with Gasteiger partial charge in [-0.3, -0.25) is 0 Å². The normalized spacial score (nSPS) is 35.5. The van der Waals surface area contributed by atoms with Crippen LogP contribution < -0.4 is 0 Å². The first kappa shape index (κ1) is 20.7. The predicted molar refractivity (Wildman–Crippen MR) is 104 cm³/mol. The molecule has 2 N–H and O–H groups in total. The van der Waals surface area contributed by atoms with E-state index < -0.39 is 18.0 Å². The van der Waals surface area contributed by atoms with Gasteiger partial charge in [-0.2, -0.15) is 0 Å². The van der Waals surface area contributed by atoms with E-state index in [9.17, 15) is 10.2 Å². The van der Waals surface area contributed by atoms with Gasteiger partial charge in [0.2, 0.25) is 0 Å². The van der Waals surface area contributed by atoms with E-state index >= 15 is 0 Å². The quantitative estimate of drug-likeness (QED) is 0.730. The molecule has 0 radical (unpaired) electrons. The van der Waals surface area contributed by atoms with Gasteiger partial charge in [0.05, 0.1) is 19.3 Å². The molecule has 27 heavy (non-hydrogen) atoms. The smallest absolute Gasteiger partial charge is 0.168 e. The van der Waals surface area contributed by atoms with Crippen LogP contribution in [0.15, 0.2) is 0 Å². The zero-order valence-corrected chi connectivity index (χ0v) is 17.1. The summed E-state index contributed by atoms with van der Waals surface area (Å²) in [5.74, 6) is 12.4. The Hall–Kier alpha value is -1.04. The molecule has 2 aliphatic carbocycles. The Balaban J connectivity index is 1.62. The number of aliphatic hydroxyl groups excluding tert-OH is 2. The molecular weight excluding hydrogens is 340 g/mol. The van der Waals surface area contributed by atoms with Crippen LogP contribution in [0.25, 0.3) is 0 Å². The highest BCUT2D eigenvalue weighted by atomic mass is 16.7. The third kappa shape index (κ3) is 4.69. The summed E-state index contributed by atoms with van der Waals surface area (Å²) >= 11 is 0. The molecule has 1 spiro atoms. The summed E-state index contributed by atoms with van der Waals surface area (Å²) < 4.78 is 12.3. The second-order valence-electron chi connectivity index (χ2n) is 9.44. The molecule has 3 aliphatic rings. The van der Waals surface area contributed by atoms with E-state index in [1.54, 1.807) is 0 Å². The van der Waals surface area contributed by atoms with Crippen LogP contribution in [0.5, 0.6) is 0 Å². The minimum absolute atomic E-state index is 0.00746. The SMILES string of the molecule is CCC#CC[C@H](C)[C@H](O)C#C[C@H]1[C@H](O)CC2CC3(C[C@@H]21)OCC(C)(C)CO3. The monoisotopic (exact) mass is 374 g/mol. The maximum atomic E-state index is 10.5. The van der Waals surface area contributed by atoms with Crippen LogP contribution in [-0.4, -0.2) is 41.4 Å². The fraction of sp³-hybridized carbons (Fsp3) is 0.826. The summed E-state index contributed by atoms with van der Waals surface area (Å²) in [6.07, 6.45) is 2.72. The second-order valence-corrected chi connectivity index (χ2v) is 9.44. The second kappa shape index (κ2) is 8.14. The molecule has 0 aromatic rings. The molecule has 3 rings (SSSR count). The van der Waals surface area contributed by atoms with Crippen molar-refractivity contribution < 1.29 is 19.7 Å². The average molecular weight is 375 g/mol. The van der Waals surface area contributed by atoms with Gasteiger partial charge in [0.25, 0.3) is 0 Å². The molecule has 150 valence electrons. The van der Waals surface area contributed by atoms with Gasteiger partial charge in [-0.15, -0.1) is 11.8 Å². The standard InChI is InChI=1S/C23H34O4/c1-5-6-7-8-16(2)20(24)10-9-18-19-13-23(12-17(19)11-21(18)25)26-14-22(3,4)15-27-23/h16-21,24-25H,5,8,11-15H2,1-4H3/t16-,17?,18+,19-,20+,21+/m0/s1. The molecule has 3 fully saturated rings. The van der Waals surface area contributed by atoms with E-state index in [4.69, 9.17) is 9.47 Å². The van der Waals surface area contributed by atoms with Crippen LogP contribution in [0, 0.1) is 52.8 Å². The summed E-state index contributed by atoms with van der Waals surface area (Å²) in [6.45, 7) is 9.71. The van der Waals surface area contributed by atoms with Crippen LogP contribution in [0.3, 0.4) is 0 Å². The lowest BCUT2D eigenvalue weighted by Crippen LogP contribution is -2.46. The molecule has 4 heteroatoms. The predicted octanol–water partition coefficient (Wildman–Crippen LogP) is 2.97. The lowest BCUT2D eigenvalue weighted by atomic mass is 9.90. The summed E-state index contributed by atoms with van der Waals surface area (Å²) in [5, 5.41) is 20.8. The molecule has 1 aliphatic heterocycles. The van der Waals surface area contributed by atoms with E-state index in [-0.39, 0.29) is 23.2 Å². The topological polar surface area (TPSA) is 58.9 Å². The molecule has 1 saturated heterocycles. The van der Waals surface area contributed by atoms with Crippen LogP contribution in [0.1, 0.15) is 59.8 Å². The third-order valence-electron chi connectivity index (χ3n) is 6.26. The minimum Gasteiger partial charge on any atom is -0.392 e. The van der Waals surface area contributed by atoms with Gasteiger partial charge in [0.15, 0.2) is 5.79 Å². The van der Waals surface area contributed by atoms with E-state index in [0.29, 0.717) is 25.6 Å². The van der Waals surface area contributed by atoms with Crippen molar-refractivity contribution in [1.82, 2.24) is 0 Å². The number of aliphatic hydroxyl groups is 2. The van der Waals surface area contributed by atoms with Crippen molar-refractivity contribution in [1.29, 1.82) is 0 Å². The van der Waals surface area contributed by atoms with Crippen LogP contribution in [0.4, 0.5) is 0 Å². The van der Waals surface area contributed by atoms with Crippen LogP contribution in [0.2, 0.25) is 0 Å². The highest BCUT2D eigenvalue weighted by Crippen LogP contribution is 2.54. The lowest BCUT2D eigenvalue weighted by molar-refractivity contribution is -0.298. The van der Waals surface area contributed by atoms with Crippen LogP contribution >= 0.6 is 0 Å². The van der Waals surface area contributed by atoms with Crippen molar-refractivity contribution in [3.8, 4) is 23.7 Å². The van der Waals surface area contributed by atoms with Gasteiger partial charge in [-0.1, -0.05) is 39.5 Å². The molecule has 1 unspecified atom stereocenters. The Morgan fingerprint density at radius 2 is 1.85 bits per heavy atom. The molecule has 0 amide bonds. The molecule has 0 aromatic carbocycles. The number of ether oxygens (including phenoxy) is 2. The zero-order chi connectivity index (χ0) is 19.7. The van der Waals surface area contributed by atoms with Crippen molar-refractivity contribution in [2.75, 3.05) is 13.2 Å². The Morgan fingerprint density at radius 1 is 1.15 bits per heavy atom. The lowest BCUT2D eigenvalue weighted by Gasteiger charge is -2.42. The number of hydrogen-bond donors (Lipinski definition) is 2. The van der Waals surface area contributed by atoms with Crippen molar-refractivity contribution in [2.45, 2.75) is 77.8 Å². The molecule has 2 saturated carbocycles. The molecule has 0 aromatic heterocycles. The maximum absolute atomic E-state index is 10.5. The summed E-state index contributed by atoms with van der Waals surface area (Å²) in [5.41, 5.74) is 0.0581. The van der Waals surface area contributed by atoms with Gasteiger partial charge in [-0.05, 0) is 18.3 Å². The first-order valence-corrected chi connectivity index (χ1v) is 10.4. The Bertz CT molecular complexity index is 637. The Labute approximate surface area is 164 Å². The van der Waals surface area contributed by atoms with Crippen molar-refractivity contribution >= 4 is 0 Å². The van der Waals surface area contributed by atoms with Gasteiger partial charge in [-0.25, -0.2) is 0 Å². The minimum atomic E-state index is -0.708. The average Bonchev–Trinajstić information content (AvgIpc) is 3.09. The van der Waals surface area contributed by atoms with Gasteiger partial charge in [0.1, 0.15) is 6.10 Å². The molecule has 1 heterocycles. The number of fused-ring (bicyclic) bond motifs is 1. The van der Waals surface area contributed by atoms with Gasteiger partial charge in [0, 0.05) is 42.9 Å². The van der Waals surface area contributed by atoms with Crippen molar-refractivity contribution in [2.24, 2.45) is 29.1 Å². The van der Waals surface area contributed by atoms with E-state index in [0.717, 1.165) is 25.7 Å². The number of rotatable bonds is 2. The molecule has 6 atom stereocenters. The fourth-order valence-corrected chi connectivity index (χ4v) is 4.55. The largest absolute Gasteiger partial charge is 0.392 e. The van der Waals surface area contributed by atoms with Crippen LogP contribution in [-0.2, 0) is 9.47 Å². The highest BCUT2D eigenvalue weighted by Gasteiger charge is 2.56. The first-order chi connectivity index (χ1) is 12.8. The zero-order valence-electron chi connectivity index (χ0n) is 17.1. The van der Waals surface area contributed by atoms with E-state index in [1.807, 2.05) is 13.8 Å². The first-order valence-electron chi connectivity index (χ1n) is 10.4. The molecular formula is C23H34O4. The Morgan fingerprint density at radius 3 is 2.52 bits per heavy atom. The molecule has 0 bridgehead atoms. The fourth-order valence-electron chi connectivity index (χ4n) is 4.55. The van der Waals surface area contributed by atoms with Gasteiger partial charge >= 0.3 is 0 Å². The van der Waals surface area contributed by atoms with E-state index in [2.05, 4.69) is 37.5 Å².